The minimum Gasteiger partial charge on any atom is -0.340 e. The summed E-state index contributed by atoms with van der Waals surface area (Å²) in [5, 5.41) is 2.80. The highest BCUT2D eigenvalue weighted by Crippen LogP contribution is 2.36. The first kappa shape index (κ1) is 13.4. The van der Waals surface area contributed by atoms with Crippen LogP contribution >= 0.6 is 0 Å². The summed E-state index contributed by atoms with van der Waals surface area (Å²) in [7, 11) is 0. The van der Waals surface area contributed by atoms with Crippen LogP contribution in [0.1, 0.15) is 53.4 Å². The number of amides is 2. The molecule has 4 heteroatoms. The summed E-state index contributed by atoms with van der Waals surface area (Å²) < 4.78 is 0. The van der Waals surface area contributed by atoms with Crippen molar-refractivity contribution in [3.8, 4) is 0 Å². The number of carbonyl (C=O) groups excluding carboxylic acids is 2. The van der Waals surface area contributed by atoms with Crippen LogP contribution in [0, 0.1) is 5.92 Å². The van der Waals surface area contributed by atoms with Crippen LogP contribution in [0.2, 0.25) is 0 Å². The van der Waals surface area contributed by atoms with Crippen LogP contribution in [-0.4, -0.2) is 34.3 Å². The minimum atomic E-state index is -0.763. The van der Waals surface area contributed by atoms with Crippen LogP contribution in [-0.2, 0) is 9.59 Å². The molecular weight excluding hydrogens is 228 g/mol. The summed E-state index contributed by atoms with van der Waals surface area (Å²) in [6, 6.07) is -0.125. The summed E-state index contributed by atoms with van der Waals surface area (Å²) >= 11 is 0. The van der Waals surface area contributed by atoms with Gasteiger partial charge >= 0.3 is 0 Å². The van der Waals surface area contributed by atoms with E-state index < -0.39 is 5.54 Å². The van der Waals surface area contributed by atoms with E-state index in [1.54, 1.807) is 13.8 Å². The Labute approximate surface area is 109 Å². The predicted molar refractivity (Wildman–Crippen MR) is 69.9 cm³/mol. The molecule has 18 heavy (non-hydrogen) atoms. The van der Waals surface area contributed by atoms with Crippen LogP contribution in [0.4, 0.5) is 0 Å². The second-order valence-corrected chi connectivity index (χ2v) is 6.24. The van der Waals surface area contributed by atoms with Crippen molar-refractivity contribution in [1.82, 2.24) is 10.2 Å². The molecule has 1 aliphatic carbocycles. The molecule has 0 aromatic rings. The van der Waals surface area contributed by atoms with Gasteiger partial charge in [0.1, 0.15) is 11.6 Å². The van der Waals surface area contributed by atoms with E-state index in [-0.39, 0.29) is 23.9 Å². The third-order valence-corrected chi connectivity index (χ3v) is 4.17. The van der Waals surface area contributed by atoms with Gasteiger partial charge in [-0.3, -0.25) is 9.59 Å². The maximum Gasteiger partial charge on any atom is 0.248 e. The third kappa shape index (κ3) is 2.38. The molecule has 2 amide bonds. The monoisotopic (exact) mass is 252 g/mol. The van der Waals surface area contributed by atoms with Gasteiger partial charge in [-0.1, -0.05) is 19.8 Å². The van der Waals surface area contributed by atoms with Gasteiger partial charge in [-0.05, 0) is 39.5 Å². The van der Waals surface area contributed by atoms with Gasteiger partial charge in [0.2, 0.25) is 11.8 Å². The Hall–Kier alpha value is -1.06. The van der Waals surface area contributed by atoms with Crippen LogP contribution in [0.25, 0.3) is 0 Å². The quantitative estimate of drug-likeness (QED) is 0.827. The highest BCUT2D eigenvalue weighted by Gasteiger charge is 2.46. The molecular formula is C14H24N2O2. The van der Waals surface area contributed by atoms with E-state index in [4.69, 9.17) is 0 Å². The second-order valence-electron chi connectivity index (χ2n) is 6.24. The fraction of sp³-hybridized carbons (Fsp3) is 0.857. The number of piperazine rings is 1. The van der Waals surface area contributed by atoms with E-state index in [1.165, 1.54) is 12.8 Å². The summed E-state index contributed by atoms with van der Waals surface area (Å²) in [6.45, 7) is 7.51. The maximum absolute atomic E-state index is 12.5. The van der Waals surface area contributed by atoms with E-state index in [1.807, 2.05) is 11.8 Å². The third-order valence-electron chi connectivity index (χ3n) is 4.17. The molecule has 1 saturated heterocycles. The number of hydrogen-bond donors (Lipinski definition) is 1. The molecule has 0 aromatic heterocycles. The van der Waals surface area contributed by atoms with Crippen molar-refractivity contribution < 1.29 is 9.59 Å². The Bertz CT molecular complexity index is 361. The van der Waals surface area contributed by atoms with Crippen molar-refractivity contribution >= 4 is 11.8 Å². The fourth-order valence-electron chi connectivity index (χ4n) is 2.79. The first-order valence-corrected chi connectivity index (χ1v) is 7.01. The van der Waals surface area contributed by atoms with Crippen molar-refractivity contribution in [2.45, 2.75) is 71.0 Å². The van der Waals surface area contributed by atoms with E-state index in [9.17, 15) is 9.59 Å². The molecule has 1 saturated carbocycles. The van der Waals surface area contributed by atoms with Crippen molar-refractivity contribution in [2.75, 3.05) is 0 Å². The van der Waals surface area contributed by atoms with Gasteiger partial charge in [-0.25, -0.2) is 0 Å². The fourth-order valence-corrected chi connectivity index (χ4v) is 2.79. The Morgan fingerprint density at radius 1 is 1.39 bits per heavy atom. The molecule has 2 atom stereocenters. The van der Waals surface area contributed by atoms with E-state index in [2.05, 4.69) is 12.2 Å². The predicted octanol–water partition coefficient (Wildman–Crippen LogP) is 1.69. The standard InChI is InChI=1S/C14H24N2O2/c1-5-11(8-10-6-7-10)16-9(2)12(17)15-14(3,4)13(16)18/h9-11H,5-8H2,1-4H3,(H,15,17). The zero-order chi connectivity index (χ0) is 13.5. The SMILES string of the molecule is CCC(CC1CC1)N1C(=O)C(C)(C)NC(=O)C1C. The Morgan fingerprint density at radius 3 is 2.50 bits per heavy atom. The van der Waals surface area contributed by atoms with Crippen molar-refractivity contribution in [2.24, 2.45) is 5.92 Å². The van der Waals surface area contributed by atoms with Crippen molar-refractivity contribution in [1.29, 1.82) is 0 Å². The van der Waals surface area contributed by atoms with Gasteiger partial charge in [0, 0.05) is 6.04 Å². The smallest absolute Gasteiger partial charge is 0.248 e. The highest BCUT2D eigenvalue weighted by molar-refractivity contribution is 5.99. The molecule has 102 valence electrons. The molecule has 1 N–H and O–H groups in total. The zero-order valence-electron chi connectivity index (χ0n) is 11.8. The molecule has 2 unspecified atom stereocenters. The largest absolute Gasteiger partial charge is 0.340 e. The molecule has 0 bridgehead atoms. The molecule has 4 nitrogen and oxygen atoms in total. The molecule has 2 fully saturated rings. The van der Waals surface area contributed by atoms with E-state index >= 15 is 0 Å². The molecule has 0 aromatic carbocycles. The lowest BCUT2D eigenvalue weighted by Crippen LogP contribution is -2.69. The summed E-state index contributed by atoms with van der Waals surface area (Å²) in [5.74, 6) is 0.791. The number of rotatable bonds is 4. The number of nitrogens with one attached hydrogen (secondary N) is 1. The first-order valence-electron chi connectivity index (χ1n) is 7.01. The molecule has 0 radical (unpaired) electrons. The van der Waals surface area contributed by atoms with Crippen LogP contribution in [0.3, 0.4) is 0 Å². The Balaban J connectivity index is 2.19. The zero-order valence-corrected chi connectivity index (χ0v) is 11.8. The Morgan fingerprint density at radius 2 is 2.00 bits per heavy atom. The molecule has 1 heterocycles. The minimum absolute atomic E-state index is 0.0335. The number of nitrogens with zero attached hydrogens (tertiary/aromatic N) is 1. The second kappa shape index (κ2) is 4.56. The lowest BCUT2D eigenvalue weighted by atomic mass is 9.93. The summed E-state index contributed by atoms with van der Waals surface area (Å²) in [5.41, 5.74) is -0.763. The average Bonchev–Trinajstić information content (AvgIpc) is 3.09. The lowest BCUT2D eigenvalue weighted by Gasteiger charge is -2.45. The van der Waals surface area contributed by atoms with Crippen molar-refractivity contribution in [3.63, 3.8) is 0 Å². The summed E-state index contributed by atoms with van der Waals surface area (Å²) in [4.78, 5) is 26.3. The van der Waals surface area contributed by atoms with Gasteiger partial charge in [-0.2, -0.15) is 0 Å². The first-order chi connectivity index (χ1) is 8.36. The normalized spacial score (nSPS) is 29.1. The molecule has 2 aliphatic rings. The maximum atomic E-state index is 12.5. The van der Waals surface area contributed by atoms with E-state index in [0.717, 1.165) is 18.8 Å². The van der Waals surface area contributed by atoms with Gasteiger partial charge < -0.3 is 10.2 Å². The number of carbonyl (C=O) groups is 2. The highest BCUT2D eigenvalue weighted by atomic mass is 16.2. The number of hydrogen-bond acceptors (Lipinski definition) is 2. The van der Waals surface area contributed by atoms with E-state index in [0.29, 0.717) is 0 Å². The van der Waals surface area contributed by atoms with Gasteiger partial charge in [0.05, 0.1) is 0 Å². The van der Waals surface area contributed by atoms with Crippen LogP contribution in [0.15, 0.2) is 0 Å². The van der Waals surface area contributed by atoms with Crippen molar-refractivity contribution in [3.05, 3.63) is 0 Å². The van der Waals surface area contributed by atoms with Gasteiger partial charge in [0.15, 0.2) is 0 Å². The summed E-state index contributed by atoms with van der Waals surface area (Å²) in [6.07, 6.45) is 4.54. The Kier molecular flexibility index (Phi) is 3.39. The van der Waals surface area contributed by atoms with Crippen LogP contribution < -0.4 is 5.32 Å². The molecule has 0 spiro atoms. The van der Waals surface area contributed by atoms with Gasteiger partial charge in [-0.15, -0.1) is 0 Å². The molecule has 1 aliphatic heterocycles. The lowest BCUT2D eigenvalue weighted by molar-refractivity contribution is -0.156. The molecule has 2 rings (SSSR count). The topological polar surface area (TPSA) is 49.4 Å². The van der Waals surface area contributed by atoms with Gasteiger partial charge in [0.25, 0.3) is 0 Å². The van der Waals surface area contributed by atoms with Crippen LogP contribution in [0.5, 0.6) is 0 Å². The average molecular weight is 252 g/mol.